The van der Waals surface area contributed by atoms with E-state index in [4.69, 9.17) is 0 Å². The van der Waals surface area contributed by atoms with Crippen molar-refractivity contribution in [2.45, 2.75) is 19.8 Å². The summed E-state index contributed by atoms with van der Waals surface area (Å²) in [6.07, 6.45) is 2.05. The second-order valence-corrected chi connectivity index (χ2v) is 5.16. The van der Waals surface area contributed by atoms with Crippen LogP contribution in [0.1, 0.15) is 30.1 Å². The number of rotatable bonds is 4. The SMILES string of the molecule is CCN(CC1CCNCC1)C(=O)c1ccc(F)cc1F. The van der Waals surface area contributed by atoms with Gasteiger partial charge in [0.15, 0.2) is 0 Å². The van der Waals surface area contributed by atoms with Crippen molar-refractivity contribution in [1.82, 2.24) is 10.2 Å². The van der Waals surface area contributed by atoms with Gasteiger partial charge in [-0.1, -0.05) is 0 Å². The molecule has 1 heterocycles. The van der Waals surface area contributed by atoms with E-state index in [1.807, 2.05) is 6.92 Å². The molecule has 1 aromatic rings. The molecular weight excluding hydrogens is 262 g/mol. The second kappa shape index (κ2) is 6.79. The molecule has 1 aliphatic rings. The molecule has 1 aromatic carbocycles. The van der Waals surface area contributed by atoms with Gasteiger partial charge in [0.05, 0.1) is 5.56 Å². The van der Waals surface area contributed by atoms with Gasteiger partial charge in [-0.05, 0) is 50.9 Å². The zero-order valence-corrected chi connectivity index (χ0v) is 11.7. The highest BCUT2D eigenvalue weighted by atomic mass is 19.1. The summed E-state index contributed by atoms with van der Waals surface area (Å²) < 4.78 is 26.6. The van der Waals surface area contributed by atoms with E-state index < -0.39 is 11.6 Å². The summed E-state index contributed by atoms with van der Waals surface area (Å²) in [6, 6.07) is 3.10. The highest BCUT2D eigenvalue weighted by Crippen LogP contribution is 2.17. The maximum Gasteiger partial charge on any atom is 0.256 e. The zero-order valence-electron chi connectivity index (χ0n) is 11.7. The predicted octanol–water partition coefficient (Wildman–Crippen LogP) is 2.43. The van der Waals surface area contributed by atoms with Crippen molar-refractivity contribution in [3.63, 3.8) is 0 Å². The quantitative estimate of drug-likeness (QED) is 0.920. The Bertz CT molecular complexity index is 473. The molecule has 0 aromatic heterocycles. The Morgan fingerprint density at radius 2 is 2.05 bits per heavy atom. The van der Waals surface area contributed by atoms with Crippen LogP contribution in [0.3, 0.4) is 0 Å². The monoisotopic (exact) mass is 282 g/mol. The van der Waals surface area contributed by atoms with Crippen LogP contribution in [0.2, 0.25) is 0 Å². The Morgan fingerprint density at radius 1 is 1.35 bits per heavy atom. The third kappa shape index (κ3) is 3.54. The summed E-state index contributed by atoms with van der Waals surface area (Å²) in [7, 11) is 0. The van der Waals surface area contributed by atoms with E-state index in [1.54, 1.807) is 4.90 Å². The third-order valence-electron chi connectivity index (χ3n) is 3.77. The van der Waals surface area contributed by atoms with Crippen LogP contribution in [-0.4, -0.2) is 37.0 Å². The molecule has 1 fully saturated rings. The Kier molecular flexibility index (Phi) is 5.06. The minimum atomic E-state index is -0.793. The Balaban J connectivity index is 2.07. The third-order valence-corrected chi connectivity index (χ3v) is 3.77. The summed E-state index contributed by atoms with van der Waals surface area (Å²) in [5.74, 6) is -1.37. The first-order chi connectivity index (χ1) is 9.61. The normalized spacial score (nSPS) is 16.1. The van der Waals surface area contributed by atoms with Crippen molar-refractivity contribution in [2.75, 3.05) is 26.2 Å². The number of carbonyl (C=O) groups excluding carboxylic acids is 1. The van der Waals surface area contributed by atoms with E-state index >= 15 is 0 Å². The van der Waals surface area contributed by atoms with Gasteiger partial charge >= 0.3 is 0 Å². The Labute approximate surface area is 118 Å². The second-order valence-electron chi connectivity index (χ2n) is 5.16. The molecule has 20 heavy (non-hydrogen) atoms. The van der Waals surface area contributed by atoms with Crippen LogP contribution in [0.4, 0.5) is 8.78 Å². The largest absolute Gasteiger partial charge is 0.339 e. The summed E-state index contributed by atoms with van der Waals surface area (Å²) in [5.41, 5.74) is -0.0535. The lowest BCUT2D eigenvalue weighted by Gasteiger charge is -2.29. The smallest absolute Gasteiger partial charge is 0.256 e. The van der Waals surface area contributed by atoms with Gasteiger partial charge in [0, 0.05) is 19.2 Å². The van der Waals surface area contributed by atoms with Gasteiger partial charge in [-0.3, -0.25) is 4.79 Å². The number of benzene rings is 1. The molecule has 0 aliphatic carbocycles. The van der Waals surface area contributed by atoms with E-state index in [9.17, 15) is 13.6 Å². The molecule has 1 aliphatic heterocycles. The number of nitrogens with zero attached hydrogens (tertiary/aromatic N) is 1. The van der Waals surface area contributed by atoms with Crippen LogP contribution in [0, 0.1) is 17.6 Å². The van der Waals surface area contributed by atoms with Crippen molar-refractivity contribution in [2.24, 2.45) is 5.92 Å². The van der Waals surface area contributed by atoms with Gasteiger partial charge in [0.1, 0.15) is 11.6 Å². The maximum absolute atomic E-state index is 13.7. The van der Waals surface area contributed by atoms with Crippen molar-refractivity contribution < 1.29 is 13.6 Å². The molecule has 1 N–H and O–H groups in total. The average Bonchev–Trinajstić information content (AvgIpc) is 2.45. The molecule has 0 radical (unpaired) electrons. The van der Waals surface area contributed by atoms with Gasteiger partial charge in [-0.2, -0.15) is 0 Å². The molecular formula is C15H20F2N2O. The van der Waals surface area contributed by atoms with Crippen molar-refractivity contribution in [3.8, 4) is 0 Å². The number of hydrogen-bond donors (Lipinski definition) is 1. The van der Waals surface area contributed by atoms with Crippen LogP contribution in [0.5, 0.6) is 0 Å². The fourth-order valence-electron chi connectivity index (χ4n) is 2.56. The zero-order chi connectivity index (χ0) is 14.5. The van der Waals surface area contributed by atoms with Gasteiger partial charge in [0.2, 0.25) is 0 Å². The van der Waals surface area contributed by atoms with Gasteiger partial charge in [-0.15, -0.1) is 0 Å². The minimum absolute atomic E-state index is 0.0535. The highest BCUT2D eigenvalue weighted by molar-refractivity contribution is 5.94. The van der Waals surface area contributed by atoms with Gasteiger partial charge < -0.3 is 10.2 Å². The van der Waals surface area contributed by atoms with Crippen molar-refractivity contribution >= 4 is 5.91 Å². The lowest BCUT2D eigenvalue weighted by molar-refractivity contribution is 0.0722. The van der Waals surface area contributed by atoms with E-state index in [-0.39, 0.29) is 11.5 Å². The van der Waals surface area contributed by atoms with Crippen LogP contribution < -0.4 is 5.32 Å². The summed E-state index contributed by atoms with van der Waals surface area (Å²) >= 11 is 0. The minimum Gasteiger partial charge on any atom is -0.339 e. The number of nitrogens with one attached hydrogen (secondary N) is 1. The first kappa shape index (κ1) is 14.9. The fraction of sp³-hybridized carbons (Fsp3) is 0.533. The molecule has 0 saturated carbocycles. The number of carbonyl (C=O) groups is 1. The topological polar surface area (TPSA) is 32.3 Å². The number of halogens is 2. The highest BCUT2D eigenvalue weighted by Gasteiger charge is 2.22. The number of hydrogen-bond acceptors (Lipinski definition) is 2. The number of amides is 1. The number of piperidine rings is 1. The van der Waals surface area contributed by atoms with E-state index in [0.29, 0.717) is 19.0 Å². The molecule has 110 valence electrons. The Morgan fingerprint density at radius 3 is 2.65 bits per heavy atom. The summed E-state index contributed by atoms with van der Waals surface area (Å²) in [5, 5.41) is 3.28. The van der Waals surface area contributed by atoms with Crippen molar-refractivity contribution in [3.05, 3.63) is 35.4 Å². The van der Waals surface area contributed by atoms with Crippen LogP contribution >= 0.6 is 0 Å². The summed E-state index contributed by atoms with van der Waals surface area (Å²) in [4.78, 5) is 14.0. The lowest BCUT2D eigenvalue weighted by atomic mass is 9.97. The van der Waals surface area contributed by atoms with E-state index in [0.717, 1.165) is 38.1 Å². The predicted molar refractivity (Wildman–Crippen MR) is 73.5 cm³/mol. The first-order valence-corrected chi connectivity index (χ1v) is 7.07. The molecule has 3 nitrogen and oxygen atoms in total. The first-order valence-electron chi connectivity index (χ1n) is 7.07. The Hall–Kier alpha value is -1.49. The standard InChI is InChI=1S/C15H20F2N2O/c1-2-19(10-11-5-7-18-8-6-11)15(20)13-4-3-12(16)9-14(13)17/h3-4,9,11,18H,2,5-8,10H2,1H3. The van der Waals surface area contributed by atoms with Gasteiger partial charge in [0.25, 0.3) is 5.91 Å². The lowest BCUT2D eigenvalue weighted by Crippen LogP contribution is -2.39. The fourth-order valence-corrected chi connectivity index (χ4v) is 2.56. The van der Waals surface area contributed by atoms with Crippen LogP contribution in [0.25, 0.3) is 0 Å². The summed E-state index contributed by atoms with van der Waals surface area (Å²) in [6.45, 7) is 4.95. The van der Waals surface area contributed by atoms with Crippen molar-refractivity contribution in [1.29, 1.82) is 0 Å². The van der Waals surface area contributed by atoms with E-state index in [1.165, 1.54) is 6.07 Å². The molecule has 5 heteroatoms. The molecule has 0 unspecified atom stereocenters. The maximum atomic E-state index is 13.7. The molecule has 0 atom stereocenters. The molecule has 1 amide bonds. The average molecular weight is 282 g/mol. The molecule has 2 rings (SSSR count). The van der Waals surface area contributed by atoms with Gasteiger partial charge in [-0.25, -0.2) is 8.78 Å². The molecule has 1 saturated heterocycles. The molecule has 0 bridgehead atoms. The van der Waals surface area contributed by atoms with Crippen LogP contribution in [-0.2, 0) is 0 Å². The molecule has 0 spiro atoms. The van der Waals surface area contributed by atoms with E-state index in [2.05, 4.69) is 5.32 Å². The van der Waals surface area contributed by atoms with Crippen LogP contribution in [0.15, 0.2) is 18.2 Å².